The van der Waals surface area contributed by atoms with Gasteiger partial charge in [0.1, 0.15) is 11.4 Å². The lowest BCUT2D eigenvalue weighted by Gasteiger charge is -2.01. The lowest BCUT2D eigenvalue weighted by atomic mass is 10.1. The number of pyridine rings is 2. The smallest absolute Gasteiger partial charge is 0.378 e. The molecule has 0 aromatic carbocycles. The zero-order chi connectivity index (χ0) is 20.3. The summed E-state index contributed by atoms with van der Waals surface area (Å²) in [6.45, 7) is 13.4. The number of aryl methyl sites for hydroxylation is 4. The molecule has 0 aliphatic rings. The number of nitrogens with zero attached hydrogens (tertiary/aromatic N) is 2. The van der Waals surface area contributed by atoms with Crippen LogP contribution in [0.2, 0.25) is 0 Å². The Kier molecular flexibility index (Phi) is 10.8. The molecule has 5 nitrogen and oxygen atoms in total. The Morgan fingerprint density at radius 3 is 1.69 bits per heavy atom. The van der Waals surface area contributed by atoms with Gasteiger partial charge in [-0.25, -0.2) is 9.78 Å². The summed E-state index contributed by atoms with van der Waals surface area (Å²) < 4.78 is 4.04. The SMILES string of the molecule is CC.CCC(=O)c1cc(C)cc(C)n1.[B]OC(=O)c1cc(C)cc(C)n1. The number of ketones is 1. The molecule has 0 atom stereocenters. The van der Waals surface area contributed by atoms with Gasteiger partial charge in [0.2, 0.25) is 0 Å². The van der Waals surface area contributed by atoms with Crippen molar-refractivity contribution in [1.82, 2.24) is 9.97 Å². The predicted molar refractivity (Wildman–Crippen MR) is 105 cm³/mol. The third-order valence-corrected chi connectivity index (χ3v) is 3.12. The third-order valence-electron chi connectivity index (χ3n) is 3.12. The molecule has 0 amide bonds. The van der Waals surface area contributed by atoms with Crippen molar-refractivity contribution in [3.05, 3.63) is 58.2 Å². The highest BCUT2D eigenvalue weighted by Crippen LogP contribution is 2.06. The average molecular weight is 354 g/mol. The van der Waals surface area contributed by atoms with E-state index in [4.69, 9.17) is 8.05 Å². The second-order valence-electron chi connectivity index (χ2n) is 5.52. The average Bonchev–Trinajstić information content (AvgIpc) is 2.61. The summed E-state index contributed by atoms with van der Waals surface area (Å²) in [6, 6.07) is 7.29. The molecule has 26 heavy (non-hydrogen) atoms. The van der Waals surface area contributed by atoms with Crippen LogP contribution in [-0.2, 0) is 4.65 Å². The Hall–Kier alpha value is -2.50. The molecule has 0 aliphatic carbocycles. The van der Waals surface area contributed by atoms with Gasteiger partial charge < -0.3 is 4.65 Å². The van der Waals surface area contributed by atoms with Crippen LogP contribution in [0.25, 0.3) is 0 Å². The first-order valence-electron chi connectivity index (χ1n) is 8.61. The second-order valence-corrected chi connectivity index (χ2v) is 5.52. The first-order valence-corrected chi connectivity index (χ1v) is 8.61. The van der Waals surface area contributed by atoms with Gasteiger partial charge >= 0.3 is 14.0 Å². The second kappa shape index (κ2) is 12.0. The van der Waals surface area contributed by atoms with Crippen LogP contribution < -0.4 is 0 Å². The number of Topliss-reactive ketones (excluding diaryl/α,β-unsaturated/α-hetero) is 1. The highest BCUT2D eigenvalue weighted by atomic mass is 16.5. The maximum absolute atomic E-state index is 11.3. The summed E-state index contributed by atoms with van der Waals surface area (Å²) in [5, 5.41) is 0. The van der Waals surface area contributed by atoms with Gasteiger partial charge in [-0.05, 0) is 63.1 Å². The lowest BCUT2D eigenvalue weighted by molar-refractivity contribution is 0.0743. The van der Waals surface area contributed by atoms with Crippen molar-refractivity contribution in [3.8, 4) is 0 Å². The topological polar surface area (TPSA) is 69.2 Å². The molecule has 0 aliphatic heterocycles. The molecule has 0 unspecified atom stereocenters. The first-order chi connectivity index (χ1) is 12.3. The van der Waals surface area contributed by atoms with Crippen molar-refractivity contribution in [1.29, 1.82) is 0 Å². The minimum Gasteiger partial charge on any atom is -0.539 e. The van der Waals surface area contributed by atoms with Crippen molar-refractivity contribution in [2.24, 2.45) is 0 Å². The maximum Gasteiger partial charge on any atom is 0.378 e. The Balaban J connectivity index is 0.000000439. The van der Waals surface area contributed by atoms with E-state index in [-0.39, 0.29) is 11.5 Å². The van der Waals surface area contributed by atoms with E-state index in [1.54, 1.807) is 13.0 Å². The fourth-order valence-electron chi connectivity index (χ4n) is 2.17. The van der Waals surface area contributed by atoms with Crippen LogP contribution in [0.1, 0.15) is 70.7 Å². The minimum absolute atomic E-state index is 0.113. The Bertz CT molecular complexity index is 642. The van der Waals surface area contributed by atoms with E-state index >= 15 is 0 Å². The monoisotopic (exact) mass is 354 g/mol. The van der Waals surface area contributed by atoms with Crippen LogP contribution in [0.4, 0.5) is 0 Å². The molecular weight excluding hydrogens is 327 g/mol. The maximum atomic E-state index is 11.3. The van der Waals surface area contributed by atoms with Gasteiger partial charge in [-0.2, -0.15) is 0 Å². The Morgan fingerprint density at radius 1 is 0.885 bits per heavy atom. The number of aromatic nitrogens is 2. The molecule has 138 valence electrons. The van der Waals surface area contributed by atoms with E-state index in [1.165, 1.54) is 0 Å². The molecule has 2 heterocycles. The van der Waals surface area contributed by atoms with Gasteiger partial charge in [0, 0.05) is 17.8 Å². The van der Waals surface area contributed by atoms with Gasteiger partial charge in [0.15, 0.2) is 5.78 Å². The quantitative estimate of drug-likeness (QED) is 0.609. The first kappa shape index (κ1) is 23.5. The lowest BCUT2D eigenvalue weighted by Crippen LogP contribution is -2.06. The van der Waals surface area contributed by atoms with E-state index in [1.807, 2.05) is 59.7 Å². The molecule has 2 aromatic rings. The summed E-state index contributed by atoms with van der Waals surface area (Å²) in [5.41, 5.74) is 4.58. The van der Waals surface area contributed by atoms with Crippen LogP contribution in [0.15, 0.2) is 24.3 Å². The zero-order valence-electron chi connectivity index (χ0n) is 16.7. The molecule has 2 aromatic heterocycles. The number of hydrogen-bond donors (Lipinski definition) is 0. The molecule has 0 saturated heterocycles. The number of carbonyl (C=O) groups is 2. The van der Waals surface area contributed by atoms with Gasteiger partial charge in [0.25, 0.3) is 0 Å². The highest BCUT2D eigenvalue weighted by Gasteiger charge is 2.06. The van der Waals surface area contributed by atoms with Gasteiger partial charge in [0.05, 0.1) is 0 Å². The van der Waals surface area contributed by atoms with Crippen LogP contribution in [0, 0.1) is 27.7 Å². The third kappa shape index (κ3) is 8.05. The van der Waals surface area contributed by atoms with Crippen molar-refractivity contribution >= 4 is 19.8 Å². The molecule has 0 bridgehead atoms. The summed E-state index contributed by atoms with van der Waals surface area (Å²) >= 11 is 0. The van der Waals surface area contributed by atoms with E-state index in [0.717, 1.165) is 22.5 Å². The molecule has 2 radical (unpaired) electrons. The molecule has 0 saturated carbocycles. The fourth-order valence-corrected chi connectivity index (χ4v) is 2.17. The van der Waals surface area contributed by atoms with Crippen LogP contribution in [0.5, 0.6) is 0 Å². The van der Waals surface area contributed by atoms with Crippen LogP contribution in [-0.4, -0.2) is 29.8 Å². The summed E-state index contributed by atoms with van der Waals surface area (Å²) in [5.74, 6) is -0.497. The predicted octanol–water partition coefficient (Wildman–Crippen LogP) is 4.26. The number of carbonyl (C=O) groups excluding carboxylic acids is 2. The summed E-state index contributed by atoms with van der Waals surface area (Å²) in [7, 11) is 4.71. The number of hydrogen-bond acceptors (Lipinski definition) is 5. The zero-order valence-corrected chi connectivity index (χ0v) is 16.7. The van der Waals surface area contributed by atoms with Crippen molar-refractivity contribution in [2.45, 2.75) is 54.9 Å². The molecule has 0 fully saturated rings. The molecular formula is C20H27BN2O3. The van der Waals surface area contributed by atoms with E-state index in [2.05, 4.69) is 14.6 Å². The van der Waals surface area contributed by atoms with E-state index in [0.29, 0.717) is 12.1 Å². The Morgan fingerprint density at radius 2 is 1.31 bits per heavy atom. The van der Waals surface area contributed by atoms with Crippen LogP contribution >= 0.6 is 0 Å². The van der Waals surface area contributed by atoms with E-state index < -0.39 is 5.97 Å². The van der Waals surface area contributed by atoms with Crippen LogP contribution in [0.3, 0.4) is 0 Å². The van der Waals surface area contributed by atoms with E-state index in [9.17, 15) is 9.59 Å². The van der Waals surface area contributed by atoms with Gasteiger partial charge in [-0.15, -0.1) is 0 Å². The largest absolute Gasteiger partial charge is 0.539 e. The number of rotatable bonds is 3. The molecule has 6 heteroatoms. The molecule has 0 spiro atoms. The summed E-state index contributed by atoms with van der Waals surface area (Å²) in [4.78, 5) is 30.3. The van der Waals surface area contributed by atoms with Gasteiger partial charge in [-0.3, -0.25) is 9.78 Å². The van der Waals surface area contributed by atoms with Crippen molar-refractivity contribution < 1.29 is 14.2 Å². The van der Waals surface area contributed by atoms with Crippen molar-refractivity contribution in [3.63, 3.8) is 0 Å². The van der Waals surface area contributed by atoms with Crippen molar-refractivity contribution in [2.75, 3.05) is 0 Å². The minimum atomic E-state index is -0.609. The highest BCUT2D eigenvalue weighted by molar-refractivity contribution is 6.08. The molecule has 0 N–H and O–H groups in total. The Labute approximate surface area is 157 Å². The fraction of sp³-hybridized carbons (Fsp3) is 0.400. The van der Waals surface area contributed by atoms with Gasteiger partial charge in [-0.1, -0.05) is 20.8 Å². The standard InChI is InChI=1S/C10H13NO.C8H8BNO2.C2H6/c1-4-10(12)9-6-7(2)5-8(3)11-9;1-5-3-6(2)10-7(4-5)8(11)12-9;1-2/h5-6H,4H2,1-3H3;3-4H,1-2H3;1-2H3. The summed E-state index contributed by atoms with van der Waals surface area (Å²) in [6.07, 6.45) is 0.524. The molecule has 2 rings (SSSR count). The normalized spacial score (nSPS) is 9.19.